The summed E-state index contributed by atoms with van der Waals surface area (Å²) >= 11 is 3.16. The second-order valence-electron chi connectivity index (χ2n) is 6.67. The standard InChI is InChI=1S/C20H22N4OS2/c1-14(19(25)21-12-11-15-6-3-2-4-7-15)27-20-23-22-18(17-8-5-13-26-17)24(20)16-9-10-16/h2-8,13-14,16H,9-12H2,1H3,(H,21,25)/t14-/m0/s1. The van der Waals surface area contributed by atoms with Crippen LogP contribution < -0.4 is 5.32 Å². The van der Waals surface area contributed by atoms with Crippen LogP contribution in [0.3, 0.4) is 0 Å². The lowest BCUT2D eigenvalue weighted by molar-refractivity contribution is -0.120. The predicted molar refractivity (Wildman–Crippen MR) is 110 cm³/mol. The van der Waals surface area contributed by atoms with Gasteiger partial charge >= 0.3 is 0 Å². The third kappa shape index (κ3) is 4.42. The van der Waals surface area contributed by atoms with Gasteiger partial charge in [0.05, 0.1) is 10.1 Å². The van der Waals surface area contributed by atoms with Crippen molar-refractivity contribution in [3.05, 3.63) is 53.4 Å². The summed E-state index contributed by atoms with van der Waals surface area (Å²) in [7, 11) is 0. The lowest BCUT2D eigenvalue weighted by Gasteiger charge is -2.13. The van der Waals surface area contributed by atoms with Crippen molar-refractivity contribution in [3.8, 4) is 10.7 Å². The van der Waals surface area contributed by atoms with Crippen molar-refractivity contribution < 1.29 is 4.79 Å². The van der Waals surface area contributed by atoms with Gasteiger partial charge in [-0.3, -0.25) is 9.36 Å². The molecule has 1 aliphatic rings. The first-order valence-corrected chi connectivity index (χ1v) is 11.0. The van der Waals surface area contributed by atoms with Gasteiger partial charge in [-0.25, -0.2) is 0 Å². The fourth-order valence-corrected chi connectivity index (χ4v) is 4.57. The number of thiophene rings is 1. The number of rotatable bonds is 8. The highest BCUT2D eigenvalue weighted by molar-refractivity contribution is 8.00. The minimum absolute atomic E-state index is 0.0407. The molecule has 0 spiro atoms. The van der Waals surface area contributed by atoms with Gasteiger partial charge in [0.25, 0.3) is 0 Å². The summed E-state index contributed by atoms with van der Waals surface area (Å²) in [6, 6.07) is 14.8. The van der Waals surface area contributed by atoms with Crippen LogP contribution in [0.2, 0.25) is 0 Å². The summed E-state index contributed by atoms with van der Waals surface area (Å²) in [6.45, 7) is 2.57. The van der Waals surface area contributed by atoms with E-state index in [0.717, 1.165) is 35.1 Å². The SMILES string of the molecule is C[C@H](Sc1nnc(-c2cccs2)n1C1CC1)C(=O)NCCc1ccccc1. The summed E-state index contributed by atoms with van der Waals surface area (Å²) in [5.41, 5.74) is 1.23. The van der Waals surface area contributed by atoms with Crippen LogP contribution in [0.15, 0.2) is 53.0 Å². The van der Waals surface area contributed by atoms with Gasteiger partial charge in [0, 0.05) is 12.6 Å². The first-order valence-electron chi connectivity index (χ1n) is 9.19. The molecule has 1 fully saturated rings. The van der Waals surface area contributed by atoms with Crippen LogP contribution in [-0.2, 0) is 11.2 Å². The minimum Gasteiger partial charge on any atom is -0.355 e. The fourth-order valence-electron chi connectivity index (χ4n) is 2.92. The van der Waals surface area contributed by atoms with Crippen LogP contribution in [0.25, 0.3) is 10.7 Å². The quantitative estimate of drug-likeness (QED) is 0.578. The maximum Gasteiger partial charge on any atom is 0.233 e. The van der Waals surface area contributed by atoms with Crippen molar-refractivity contribution >= 4 is 29.0 Å². The number of carbonyl (C=O) groups excluding carboxylic acids is 1. The van der Waals surface area contributed by atoms with E-state index in [1.807, 2.05) is 31.2 Å². The van der Waals surface area contributed by atoms with Crippen LogP contribution in [0.5, 0.6) is 0 Å². The van der Waals surface area contributed by atoms with E-state index < -0.39 is 0 Å². The normalized spacial score (nSPS) is 14.9. The van der Waals surface area contributed by atoms with Crippen LogP contribution in [0.1, 0.15) is 31.4 Å². The van der Waals surface area contributed by atoms with Gasteiger partial charge in [-0.05, 0) is 43.2 Å². The Hall–Kier alpha value is -2.12. The number of carbonyl (C=O) groups is 1. The molecule has 0 saturated heterocycles. The van der Waals surface area contributed by atoms with Gasteiger partial charge in [-0.2, -0.15) is 0 Å². The first-order chi connectivity index (χ1) is 13.2. The van der Waals surface area contributed by atoms with Crippen molar-refractivity contribution in [1.29, 1.82) is 0 Å². The molecule has 1 aliphatic carbocycles. The van der Waals surface area contributed by atoms with Gasteiger partial charge in [0.15, 0.2) is 11.0 Å². The average Bonchev–Trinajstić information content (AvgIpc) is 3.21. The highest BCUT2D eigenvalue weighted by Crippen LogP contribution is 2.42. The van der Waals surface area contributed by atoms with E-state index in [0.29, 0.717) is 12.6 Å². The molecule has 5 nitrogen and oxygen atoms in total. The Bertz CT molecular complexity index is 888. The van der Waals surface area contributed by atoms with Gasteiger partial charge < -0.3 is 5.32 Å². The molecule has 7 heteroatoms. The van der Waals surface area contributed by atoms with Crippen LogP contribution in [-0.4, -0.2) is 32.5 Å². The highest BCUT2D eigenvalue weighted by atomic mass is 32.2. The van der Waals surface area contributed by atoms with E-state index in [1.54, 1.807) is 11.3 Å². The summed E-state index contributed by atoms with van der Waals surface area (Å²) in [5, 5.41) is 14.5. The summed E-state index contributed by atoms with van der Waals surface area (Å²) in [4.78, 5) is 13.6. The largest absolute Gasteiger partial charge is 0.355 e. The number of hydrogen-bond donors (Lipinski definition) is 1. The number of amides is 1. The lowest BCUT2D eigenvalue weighted by Crippen LogP contribution is -2.32. The fraction of sp³-hybridized carbons (Fsp3) is 0.350. The Morgan fingerprint density at radius 2 is 2.07 bits per heavy atom. The van der Waals surface area contributed by atoms with E-state index in [1.165, 1.54) is 17.3 Å². The second kappa shape index (κ2) is 8.27. The molecule has 0 aliphatic heterocycles. The average molecular weight is 399 g/mol. The zero-order valence-corrected chi connectivity index (χ0v) is 16.8. The molecule has 1 saturated carbocycles. The van der Waals surface area contributed by atoms with Gasteiger partial charge in [-0.15, -0.1) is 21.5 Å². The Kier molecular flexibility index (Phi) is 5.59. The number of nitrogens with one attached hydrogen (secondary N) is 1. The molecular formula is C20H22N4OS2. The smallest absolute Gasteiger partial charge is 0.233 e. The van der Waals surface area contributed by atoms with Crippen molar-refractivity contribution in [3.63, 3.8) is 0 Å². The molecule has 2 heterocycles. The zero-order chi connectivity index (χ0) is 18.6. The number of nitrogens with zero attached hydrogens (tertiary/aromatic N) is 3. The molecule has 0 bridgehead atoms. The predicted octanol–water partition coefficient (Wildman–Crippen LogP) is 4.18. The topological polar surface area (TPSA) is 59.8 Å². The van der Waals surface area contributed by atoms with E-state index in [2.05, 4.69) is 43.7 Å². The van der Waals surface area contributed by atoms with Crippen LogP contribution >= 0.6 is 23.1 Å². The Morgan fingerprint density at radius 3 is 2.78 bits per heavy atom. The maximum atomic E-state index is 12.5. The zero-order valence-electron chi connectivity index (χ0n) is 15.2. The van der Waals surface area contributed by atoms with Gasteiger partial charge in [-0.1, -0.05) is 48.2 Å². The molecule has 3 aromatic rings. The summed E-state index contributed by atoms with van der Waals surface area (Å²) in [6.07, 6.45) is 3.15. The first kappa shape index (κ1) is 18.3. The van der Waals surface area contributed by atoms with Crippen LogP contribution in [0.4, 0.5) is 0 Å². The van der Waals surface area contributed by atoms with Crippen LogP contribution in [0, 0.1) is 0 Å². The molecule has 1 aromatic carbocycles. The van der Waals surface area contributed by atoms with Crippen molar-refractivity contribution in [2.24, 2.45) is 0 Å². The van der Waals surface area contributed by atoms with E-state index >= 15 is 0 Å². The maximum absolute atomic E-state index is 12.5. The third-order valence-corrected chi connectivity index (χ3v) is 6.45. The minimum atomic E-state index is -0.210. The number of benzene rings is 1. The molecule has 27 heavy (non-hydrogen) atoms. The lowest BCUT2D eigenvalue weighted by atomic mass is 10.1. The summed E-state index contributed by atoms with van der Waals surface area (Å²) in [5.74, 6) is 0.964. The molecule has 0 unspecified atom stereocenters. The molecule has 1 atom stereocenters. The molecule has 1 amide bonds. The Balaban J connectivity index is 1.38. The molecule has 4 rings (SSSR count). The van der Waals surface area contributed by atoms with Gasteiger partial charge in [0.2, 0.25) is 5.91 Å². The van der Waals surface area contributed by atoms with E-state index in [-0.39, 0.29) is 11.2 Å². The number of aromatic nitrogens is 3. The van der Waals surface area contributed by atoms with Crippen molar-refractivity contribution in [1.82, 2.24) is 20.1 Å². The van der Waals surface area contributed by atoms with Crippen molar-refractivity contribution in [2.75, 3.05) is 6.54 Å². The number of hydrogen-bond acceptors (Lipinski definition) is 5. The highest BCUT2D eigenvalue weighted by Gasteiger charge is 2.31. The molecule has 1 N–H and O–H groups in total. The summed E-state index contributed by atoms with van der Waals surface area (Å²) < 4.78 is 2.21. The molecule has 140 valence electrons. The Morgan fingerprint density at radius 1 is 1.26 bits per heavy atom. The number of thioether (sulfide) groups is 1. The van der Waals surface area contributed by atoms with Crippen molar-refractivity contribution in [2.45, 2.75) is 42.6 Å². The van der Waals surface area contributed by atoms with Gasteiger partial charge in [0.1, 0.15) is 0 Å². The Labute approximate surface area is 167 Å². The molecule has 2 aromatic heterocycles. The second-order valence-corrected chi connectivity index (χ2v) is 8.93. The third-order valence-electron chi connectivity index (χ3n) is 4.53. The monoisotopic (exact) mass is 398 g/mol. The van der Waals surface area contributed by atoms with E-state index in [9.17, 15) is 4.79 Å². The molecular weight excluding hydrogens is 376 g/mol. The molecule has 0 radical (unpaired) electrons. The van der Waals surface area contributed by atoms with E-state index in [4.69, 9.17) is 0 Å².